The molecule has 1 N–H and O–H groups in total. The maximum absolute atomic E-state index is 12.7. The zero-order chi connectivity index (χ0) is 23.2. The van der Waals surface area contributed by atoms with Crippen molar-refractivity contribution >= 4 is 17.0 Å². The number of benzene rings is 2. The molecule has 180 valence electrons. The van der Waals surface area contributed by atoms with Gasteiger partial charge in [0.15, 0.2) is 11.5 Å². The quantitative estimate of drug-likeness (QED) is 0.502. The Morgan fingerprint density at radius 3 is 2.59 bits per heavy atom. The molecule has 1 saturated heterocycles. The zero-order valence-electron chi connectivity index (χ0n) is 20.0. The van der Waals surface area contributed by atoms with Gasteiger partial charge in [0, 0.05) is 50.7 Å². The van der Waals surface area contributed by atoms with E-state index in [0.29, 0.717) is 30.0 Å². The summed E-state index contributed by atoms with van der Waals surface area (Å²) in [6, 6.07) is 16.5. The first-order valence-corrected chi connectivity index (χ1v) is 12.9. The highest BCUT2D eigenvalue weighted by Crippen LogP contribution is 2.23. The monoisotopic (exact) mass is 460 g/mol. The maximum Gasteiger partial charge on any atom is 0.251 e. The molecular formula is C28H36N4O2. The van der Waals surface area contributed by atoms with Crippen LogP contribution >= 0.6 is 0 Å². The van der Waals surface area contributed by atoms with Gasteiger partial charge >= 0.3 is 0 Å². The Morgan fingerprint density at radius 2 is 1.79 bits per heavy atom. The standard InChI is InChI=1S/C28H36N4O2/c33-28(29-14-7-15-31-16-18-32(19-17-31)24-10-5-2-6-11-24)23-12-13-25-26(21-23)34-27(30-25)20-22-8-3-1-4-9-22/h1,3-4,8-9,12-13,21,24H,2,5-7,10-11,14-20H2,(H,29,33). The van der Waals surface area contributed by atoms with E-state index < -0.39 is 0 Å². The highest BCUT2D eigenvalue weighted by molar-refractivity contribution is 5.97. The molecule has 3 aromatic rings. The molecule has 1 aromatic heterocycles. The van der Waals surface area contributed by atoms with Gasteiger partial charge < -0.3 is 14.6 Å². The smallest absolute Gasteiger partial charge is 0.251 e. The number of piperazine rings is 1. The minimum absolute atomic E-state index is 0.0509. The molecule has 1 aliphatic heterocycles. The van der Waals surface area contributed by atoms with Crippen LogP contribution in [0, 0.1) is 0 Å². The number of amides is 1. The first kappa shape index (κ1) is 23.1. The topological polar surface area (TPSA) is 61.6 Å². The minimum Gasteiger partial charge on any atom is -0.440 e. The summed E-state index contributed by atoms with van der Waals surface area (Å²) in [4.78, 5) is 22.5. The Morgan fingerprint density at radius 1 is 1.00 bits per heavy atom. The Bertz CT molecular complexity index is 1070. The molecule has 1 saturated carbocycles. The Labute approximate surface area is 202 Å². The molecule has 2 fully saturated rings. The van der Waals surface area contributed by atoms with Gasteiger partial charge in [0.1, 0.15) is 5.52 Å². The van der Waals surface area contributed by atoms with Crippen LogP contribution < -0.4 is 5.32 Å². The van der Waals surface area contributed by atoms with Crippen molar-refractivity contribution in [3.63, 3.8) is 0 Å². The second kappa shape index (κ2) is 11.2. The number of rotatable bonds is 8. The van der Waals surface area contributed by atoms with Crippen LogP contribution in [-0.2, 0) is 6.42 Å². The van der Waals surface area contributed by atoms with E-state index in [2.05, 4.69) is 32.2 Å². The summed E-state index contributed by atoms with van der Waals surface area (Å²) in [6.07, 6.45) is 8.63. The number of fused-ring (bicyclic) bond motifs is 1. The van der Waals surface area contributed by atoms with Crippen molar-refractivity contribution in [2.45, 2.75) is 51.0 Å². The molecule has 0 atom stereocenters. The highest BCUT2D eigenvalue weighted by atomic mass is 16.3. The third kappa shape index (κ3) is 5.86. The summed E-state index contributed by atoms with van der Waals surface area (Å²) >= 11 is 0. The van der Waals surface area contributed by atoms with Crippen molar-refractivity contribution < 1.29 is 9.21 Å². The van der Waals surface area contributed by atoms with Crippen LogP contribution in [-0.4, -0.2) is 66.0 Å². The van der Waals surface area contributed by atoms with Gasteiger partial charge in [0.25, 0.3) is 5.91 Å². The van der Waals surface area contributed by atoms with Crippen molar-refractivity contribution in [2.24, 2.45) is 0 Å². The normalized spacial score (nSPS) is 18.4. The third-order valence-corrected chi connectivity index (χ3v) is 7.33. The SMILES string of the molecule is O=C(NCCCN1CCN(C2CCCCC2)CC1)c1ccc2nc(Cc3ccccc3)oc2c1. The Hall–Kier alpha value is -2.70. The van der Waals surface area contributed by atoms with Crippen molar-refractivity contribution in [1.82, 2.24) is 20.1 Å². The van der Waals surface area contributed by atoms with E-state index in [1.807, 2.05) is 30.3 Å². The van der Waals surface area contributed by atoms with Crippen LogP contribution in [0.1, 0.15) is 60.3 Å². The molecule has 2 aliphatic rings. The third-order valence-electron chi connectivity index (χ3n) is 7.33. The summed E-state index contributed by atoms with van der Waals surface area (Å²) < 4.78 is 5.92. The van der Waals surface area contributed by atoms with Crippen LogP contribution in [0.15, 0.2) is 52.9 Å². The second-order valence-corrected chi connectivity index (χ2v) is 9.73. The molecule has 0 bridgehead atoms. The molecule has 2 heterocycles. The molecule has 0 unspecified atom stereocenters. The van der Waals surface area contributed by atoms with E-state index in [0.717, 1.165) is 43.2 Å². The molecule has 0 spiro atoms. The fourth-order valence-corrected chi connectivity index (χ4v) is 5.36. The molecule has 34 heavy (non-hydrogen) atoms. The van der Waals surface area contributed by atoms with Crippen LogP contribution in [0.3, 0.4) is 0 Å². The lowest BCUT2D eigenvalue weighted by molar-refractivity contribution is 0.0779. The summed E-state index contributed by atoms with van der Waals surface area (Å²) in [5.74, 6) is 0.618. The first-order chi connectivity index (χ1) is 16.7. The van der Waals surface area contributed by atoms with Gasteiger partial charge in [-0.1, -0.05) is 49.6 Å². The Balaban J connectivity index is 1.05. The van der Waals surface area contributed by atoms with E-state index in [4.69, 9.17) is 4.42 Å². The van der Waals surface area contributed by atoms with Crippen molar-refractivity contribution in [3.8, 4) is 0 Å². The fraction of sp³-hybridized carbons (Fsp3) is 0.500. The summed E-state index contributed by atoms with van der Waals surface area (Å²) in [7, 11) is 0. The molecular weight excluding hydrogens is 424 g/mol. The molecule has 6 nitrogen and oxygen atoms in total. The summed E-state index contributed by atoms with van der Waals surface area (Å²) in [5, 5.41) is 3.07. The van der Waals surface area contributed by atoms with E-state index in [-0.39, 0.29) is 5.91 Å². The molecule has 0 radical (unpaired) electrons. The van der Waals surface area contributed by atoms with Crippen LogP contribution in [0.25, 0.3) is 11.1 Å². The number of hydrogen-bond donors (Lipinski definition) is 1. The number of oxazole rings is 1. The van der Waals surface area contributed by atoms with E-state index in [1.54, 1.807) is 6.07 Å². The predicted molar refractivity (Wildman–Crippen MR) is 135 cm³/mol. The summed E-state index contributed by atoms with van der Waals surface area (Å²) in [6.45, 7) is 6.43. The number of hydrogen-bond acceptors (Lipinski definition) is 5. The molecule has 5 rings (SSSR count). The lowest BCUT2D eigenvalue weighted by Gasteiger charge is -2.40. The number of nitrogens with zero attached hydrogens (tertiary/aromatic N) is 3. The molecule has 2 aromatic carbocycles. The lowest BCUT2D eigenvalue weighted by Crippen LogP contribution is -2.51. The lowest BCUT2D eigenvalue weighted by atomic mass is 9.94. The van der Waals surface area contributed by atoms with Crippen LogP contribution in [0.4, 0.5) is 0 Å². The average Bonchev–Trinajstić information content (AvgIpc) is 3.29. The van der Waals surface area contributed by atoms with Gasteiger partial charge in [-0.2, -0.15) is 0 Å². The number of aromatic nitrogens is 1. The van der Waals surface area contributed by atoms with Crippen molar-refractivity contribution in [2.75, 3.05) is 39.3 Å². The second-order valence-electron chi connectivity index (χ2n) is 9.73. The van der Waals surface area contributed by atoms with Gasteiger partial charge in [0.2, 0.25) is 0 Å². The number of carbonyl (C=O) groups is 1. The Kier molecular flexibility index (Phi) is 7.56. The maximum atomic E-state index is 12.7. The van der Waals surface area contributed by atoms with Gasteiger partial charge in [0.05, 0.1) is 0 Å². The summed E-state index contributed by atoms with van der Waals surface area (Å²) in [5.41, 5.74) is 3.22. The highest BCUT2D eigenvalue weighted by Gasteiger charge is 2.24. The van der Waals surface area contributed by atoms with Crippen LogP contribution in [0.2, 0.25) is 0 Å². The van der Waals surface area contributed by atoms with Gasteiger partial charge in [-0.15, -0.1) is 0 Å². The average molecular weight is 461 g/mol. The largest absolute Gasteiger partial charge is 0.440 e. The van der Waals surface area contributed by atoms with Gasteiger partial charge in [-0.3, -0.25) is 9.69 Å². The van der Waals surface area contributed by atoms with Crippen LogP contribution in [0.5, 0.6) is 0 Å². The molecule has 1 amide bonds. The number of carbonyl (C=O) groups excluding carboxylic acids is 1. The fourth-order valence-electron chi connectivity index (χ4n) is 5.36. The predicted octanol–water partition coefficient (Wildman–Crippen LogP) is 4.49. The first-order valence-electron chi connectivity index (χ1n) is 12.9. The van der Waals surface area contributed by atoms with Crippen molar-refractivity contribution in [1.29, 1.82) is 0 Å². The zero-order valence-corrected chi connectivity index (χ0v) is 20.0. The minimum atomic E-state index is -0.0509. The van der Waals surface area contributed by atoms with Crippen molar-refractivity contribution in [3.05, 3.63) is 65.5 Å². The molecule has 1 aliphatic carbocycles. The van der Waals surface area contributed by atoms with E-state index in [1.165, 1.54) is 45.2 Å². The van der Waals surface area contributed by atoms with E-state index in [9.17, 15) is 4.79 Å². The van der Waals surface area contributed by atoms with Gasteiger partial charge in [-0.25, -0.2) is 4.98 Å². The number of nitrogens with one attached hydrogen (secondary N) is 1. The van der Waals surface area contributed by atoms with E-state index >= 15 is 0 Å². The molecule has 6 heteroatoms. The van der Waals surface area contributed by atoms with Gasteiger partial charge in [-0.05, 0) is 49.6 Å².